The Labute approximate surface area is 108 Å². The minimum Gasteiger partial charge on any atom is -0.337 e. The quantitative estimate of drug-likeness (QED) is 0.940. The maximum Gasteiger partial charge on any atom is 0.137 e. The van der Waals surface area contributed by atoms with Crippen LogP contribution in [0.5, 0.6) is 0 Å². The summed E-state index contributed by atoms with van der Waals surface area (Å²) in [4.78, 5) is 4.21. The molecule has 0 aliphatic heterocycles. The number of nitrogens with one attached hydrogen (secondary N) is 1. The van der Waals surface area contributed by atoms with Crippen LogP contribution >= 0.6 is 15.9 Å². The fourth-order valence-corrected chi connectivity index (χ4v) is 1.96. The van der Waals surface area contributed by atoms with Gasteiger partial charge in [0, 0.05) is 26.0 Å². The Morgan fingerprint density at radius 3 is 2.88 bits per heavy atom. The molecule has 0 radical (unpaired) electrons. The van der Waals surface area contributed by atoms with Gasteiger partial charge in [0.25, 0.3) is 0 Å². The van der Waals surface area contributed by atoms with Gasteiger partial charge in [-0.15, -0.1) is 0 Å². The first-order valence-corrected chi connectivity index (χ1v) is 6.07. The summed E-state index contributed by atoms with van der Waals surface area (Å²) in [6, 6.07) is 5.01. The fourth-order valence-electron chi connectivity index (χ4n) is 1.54. The molecule has 0 bridgehead atoms. The molecule has 0 aliphatic carbocycles. The summed E-state index contributed by atoms with van der Waals surface area (Å²) >= 11 is 3.17. The van der Waals surface area contributed by atoms with Gasteiger partial charge in [0.2, 0.25) is 0 Å². The molecular weight excluding hydrogens is 285 g/mol. The van der Waals surface area contributed by atoms with Crippen LogP contribution in [0, 0.1) is 5.82 Å². The third-order valence-corrected chi connectivity index (χ3v) is 3.12. The molecular formula is C12H13BrFN3. The van der Waals surface area contributed by atoms with Gasteiger partial charge in [-0.25, -0.2) is 9.37 Å². The normalized spacial score (nSPS) is 10.8. The van der Waals surface area contributed by atoms with E-state index in [-0.39, 0.29) is 5.82 Å². The second-order valence-electron chi connectivity index (χ2n) is 3.81. The molecule has 0 atom stereocenters. The third-order valence-electron chi connectivity index (χ3n) is 2.52. The number of hydrogen-bond acceptors (Lipinski definition) is 2. The molecule has 90 valence electrons. The lowest BCUT2D eigenvalue weighted by molar-refractivity contribution is 0.614. The number of halogens is 2. The molecule has 5 heteroatoms. The highest BCUT2D eigenvalue weighted by molar-refractivity contribution is 9.10. The highest BCUT2D eigenvalue weighted by Gasteiger charge is 2.01. The van der Waals surface area contributed by atoms with Crippen molar-refractivity contribution in [2.75, 3.05) is 0 Å². The molecule has 0 aliphatic rings. The van der Waals surface area contributed by atoms with Crippen LogP contribution in [0.25, 0.3) is 0 Å². The molecule has 0 spiro atoms. The Bertz CT molecular complexity index is 510. The summed E-state index contributed by atoms with van der Waals surface area (Å²) in [5.41, 5.74) is 1.03. The Balaban J connectivity index is 1.90. The molecule has 1 N–H and O–H groups in total. The van der Waals surface area contributed by atoms with Gasteiger partial charge in [-0.2, -0.15) is 0 Å². The zero-order valence-electron chi connectivity index (χ0n) is 9.45. The van der Waals surface area contributed by atoms with Gasteiger partial charge in [0.15, 0.2) is 0 Å². The van der Waals surface area contributed by atoms with Crippen molar-refractivity contribution < 1.29 is 4.39 Å². The lowest BCUT2D eigenvalue weighted by Crippen LogP contribution is -2.15. The van der Waals surface area contributed by atoms with Gasteiger partial charge < -0.3 is 9.88 Å². The summed E-state index contributed by atoms with van der Waals surface area (Å²) < 4.78 is 15.5. The van der Waals surface area contributed by atoms with E-state index in [0.717, 1.165) is 11.4 Å². The van der Waals surface area contributed by atoms with Crippen molar-refractivity contribution in [2.45, 2.75) is 13.1 Å². The summed E-state index contributed by atoms with van der Waals surface area (Å²) in [5, 5.41) is 3.26. The third kappa shape index (κ3) is 3.14. The largest absolute Gasteiger partial charge is 0.337 e. The Morgan fingerprint density at radius 1 is 1.41 bits per heavy atom. The van der Waals surface area contributed by atoms with Crippen molar-refractivity contribution in [1.82, 2.24) is 14.9 Å². The maximum atomic E-state index is 13.0. The van der Waals surface area contributed by atoms with Gasteiger partial charge in [-0.1, -0.05) is 6.07 Å². The first kappa shape index (κ1) is 12.3. The average Bonchev–Trinajstić information content (AvgIpc) is 2.70. The molecule has 0 amide bonds. The molecule has 2 aromatic rings. The maximum absolute atomic E-state index is 13.0. The number of nitrogens with zero attached hydrogens (tertiary/aromatic N) is 2. The van der Waals surface area contributed by atoms with E-state index in [0.29, 0.717) is 17.6 Å². The molecule has 1 heterocycles. The number of benzene rings is 1. The van der Waals surface area contributed by atoms with Gasteiger partial charge in [0.1, 0.15) is 11.6 Å². The molecule has 0 saturated heterocycles. The zero-order valence-corrected chi connectivity index (χ0v) is 11.0. The van der Waals surface area contributed by atoms with E-state index in [1.807, 2.05) is 17.8 Å². The smallest absolute Gasteiger partial charge is 0.137 e. The summed E-state index contributed by atoms with van der Waals surface area (Å²) in [7, 11) is 1.96. The highest BCUT2D eigenvalue weighted by Crippen LogP contribution is 2.16. The van der Waals surface area contributed by atoms with Crippen LogP contribution in [0.2, 0.25) is 0 Å². The van der Waals surface area contributed by atoms with Crippen LogP contribution in [0.3, 0.4) is 0 Å². The molecule has 0 fully saturated rings. The van der Waals surface area contributed by atoms with E-state index < -0.39 is 0 Å². The van der Waals surface area contributed by atoms with Crippen LogP contribution in [-0.2, 0) is 20.1 Å². The standard InChI is InChI=1S/C12H13BrFN3/c1-17-5-4-16-12(17)8-15-7-9-2-3-11(14)10(13)6-9/h2-6,15H,7-8H2,1H3. The van der Waals surface area contributed by atoms with Crippen molar-refractivity contribution in [1.29, 1.82) is 0 Å². The second kappa shape index (κ2) is 5.42. The van der Waals surface area contributed by atoms with E-state index in [4.69, 9.17) is 0 Å². The van der Waals surface area contributed by atoms with Crippen LogP contribution < -0.4 is 5.32 Å². The predicted octanol–water partition coefficient (Wildman–Crippen LogP) is 2.61. The topological polar surface area (TPSA) is 29.9 Å². The molecule has 0 unspecified atom stereocenters. The molecule has 17 heavy (non-hydrogen) atoms. The van der Waals surface area contributed by atoms with E-state index in [2.05, 4.69) is 26.2 Å². The minimum absolute atomic E-state index is 0.238. The minimum atomic E-state index is -0.238. The number of rotatable bonds is 4. The van der Waals surface area contributed by atoms with Crippen molar-refractivity contribution in [2.24, 2.45) is 7.05 Å². The molecule has 2 rings (SSSR count). The summed E-state index contributed by atoms with van der Waals surface area (Å²) in [5.74, 6) is 0.740. The van der Waals surface area contributed by atoms with Gasteiger partial charge in [-0.05, 0) is 33.6 Å². The number of hydrogen-bond donors (Lipinski definition) is 1. The Morgan fingerprint density at radius 2 is 2.24 bits per heavy atom. The number of aryl methyl sites for hydroxylation is 1. The van der Waals surface area contributed by atoms with E-state index in [1.165, 1.54) is 6.07 Å². The zero-order chi connectivity index (χ0) is 12.3. The summed E-state index contributed by atoms with van der Waals surface area (Å²) in [6.45, 7) is 1.38. The van der Waals surface area contributed by atoms with Crippen LogP contribution in [0.4, 0.5) is 4.39 Å². The van der Waals surface area contributed by atoms with Crippen LogP contribution in [0.15, 0.2) is 35.1 Å². The van der Waals surface area contributed by atoms with Crippen molar-refractivity contribution in [3.05, 3.63) is 52.3 Å². The second-order valence-corrected chi connectivity index (χ2v) is 4.66. The lowest BCUT2D eigenvalue weighted by Gasteiger charge is -2.06. The van der Waals surface area contributed by atoms with Crippen molar-refractivity contribution in [3.63, 3.8) is 0 Å². The molecule has 1 aromatic heterocycles. The Kier molecular flexibility index (Phi) is 3.91. The first-order valence-electron chi connectivity index (χ1n) is 5.27. The number of imidazole rings is 1. The Hall–Kier alpha value is -1.20. The molecule has 1 aromatic carbocycles. The monoisotopic (exact) mass is 297 g/mol. The summed E-state index contributed by atoms with van der Waals surface area (Å²) in [6.07, 6.45) is 3.68. The van der Waals surface area contributed by atoms with Crippen LogP contribution in [0.1, 0.15) is 11.4 Å². The first-order chi connectivity index (χ1) is 8.16. The van der Waals surface area contributed by atoms with E-state index >= 15 is 0 Å². The van der Waals surface area contributed by atoms with Crippen molar-refractivity contribution >= 4 is 15.9 Å². The predicted molar refractivity (Wildman–Crippen MR) is 67.9 cm³/mol. The van der Waals surface area contributed by atoms with Crippen molar-refractivity contribution in [3.8, 4) is 0 Å². The number of aromatic nitrogens is 2. The lowest BCUT2D eigenvalue weighted by atomic mass is 10.2. The SMILES string of the molecule is Cn1ccnc1CNCc1ccc(F)c(Br)c1. The van der Waals surface area contributed by atoms with Gasteiger partial charge >= 0.3 is 0 Å². The fraction of sp³-hybridized carbons (Fsp3) is 0.250. The van der Waals surface area contributed by atoms with Crippen LogP contribution in [-0.4, -0.2) is 9.55 Å². The highest BCUT2D eigenvalue weighted by atomic mass is 79.9. The molecule has 0 saturated carbocycles. The molecule has 3 nitrogen and oxygen atoms in total. The van der Waals surface area contributed by atoms with E-state index in [9.17, 15) is 4.39 Å². The average molecular weight is 298 g/mol. The van der Waals surface area contributed by atoms with Gasteiger partial charge in [-0.3, -0.25) is 0 Å². The van der Waals surface area contributed by atoms with E-state index in [1.54, 1.807) is 18.3 Å². The van der Waals surface area contributed by atoms with Gasteiger partial charge in [0.05, 0.1) is 11.0 Å².